The Balaban J connectivity index is 1.26. The van der Waals surface area contributed by atoms with Crippen molar-refractivity contribution in [2.75, 3.05) is 11.4 Å². The molecule has 7 rings (SSSR count). The van der Waals surface area contributed by atoms with E-state index in [0.29, 0.717) is 0 Å². The molecule has 6 aromatic rings. The molecule has 0 unspecified atom stereocenters. The zero-order valence-electron chi connectivity index (χ0n) is 21.8. The number of nitrogens with zero attached hydrogens (tertiary/aromatic N) is 1. The van der Waals surface area contributed by atoms with Crippen LogP contribution in [0.1, 0.15) is 11.1 Å². The summed E-state index contributed by atoms with van der Waals surface area (Å²) >= 11 is 0. The van der Waals surface area contributed by atoms with Gasteiger partial charge in [-0.15, -0.1) is 0 Å². The van der Waals surface area contributed by atoms with Crippen molar-refractivity contribution in [2.45, 2.75) is 6.42 Å². The van der Waals surface area contributed by atoms with E-state index in [9.17, 15) is 0 Å². The number of hydrogen-bond acceptors (Lipinski definition) is 1. The lowest BCUT2D eigenvalue weighted by Gasteiger charge is -2.25. The molecule has 1 heterocycles. The van der Waals surface area contributed by atoms with Crippen LogP contribution in [0.3, 0.4) is 0 Å². The number of rotatable bonds is 3. The van der Waals surface area contributed by atoms with Gasteiger partial charge in [-0.2, -0.15) is 0 Å². The number of fused-ring (bicyclic) bond motifs is 4. The van der Waals surface area contributed by atoms with Crippen molar-refractivity contribution in [1.29, 1.82) is 0 Å². The van der Waals surface area contributed by atoms with E-state index in [2.05, 4.69) is 157 Å². The van der Waals surface area contributed by atoms with Gasteiger partial charge in [-0.05, 0) is 80.1 Å². The molecule has 1 heteroatoms. The number of benzene rings is 6. The van der Waals surface area contributed by atoms with E-state index in [1.54, 1.807) is 0 Å². The third-order valence-corrected chi connectivity index (χ3v) is 7.77. The Hall–Kier alpha value is -4.88. The third-order valence-electron chi connectivity index (χ3n) is 7.77. The lowest BCUT2D eigenvalue weighted by molar-refractivity contribution is 1.07. The molecule has 186 valence electrons. The van der Waals surface area contributed by atoms with Gasteiger partial charge in [-0.1, -0.05) is 127 Å². The Labute approximate surface area is 230 Å². The number of hydrogen-bond donors (Lipinski definition) is 0. The van der Waals surface area contributed by atoms with Crippen molar-refractivity contribution in [1.82, 2.24) is 0 Å². The highest BCUT2D eigenvalue weighted by Crippen LogP contribution is 2.36. The molecule has 0 aliphatic carbocycles. The van der Waals surface area contributed by atoms with Crippen molar-refractivity contribution in [2.24, 2.45) is 0 Å². The molecule has 0 saturated carbocycles. The molecule has 1 nitrogen and oxygen atoms in total. The maximum Gasteiger partial charge on any atom is 0.0449 e. The molecule has 0 aromatic heterocycles. The van der Waals surface area contributed by atoms with E-state index < -0.39 is 0 Å². The fourth-order valence-electron chi connectivity index (χ4n) is 5.82. The Morgan fingerprint density at radius 2 is 1.21 bits per heavy atom. The number of anilines is 2. The van der Waals surface area contributed by atoms with Crippen molar-refractivity contribution in [3.8, 4) is 11.1 Å². The number of allylic oxidation sites excluding steroid dienone is 3. The highest BCUT2D eigenvalue weighted by Gasteiger charge is 2.14. The van der Waals surface area contributed by atoms with E-state index in [-0.39, 0.29) is 0 Å². The summed E-state index contributed by atoms with van der Waals surface area (Å²) in [6.07, 6.45) is 7.81. The fraction of sp³-hybridized carbons (Fsp3) is 0.0526. The summed E-state index contributed by atoms with van der Waals surface area (Å²) in [5, 5.41) is 5.18. The molecule has 0 saturated heterocycles. The van der Waals surface area contributed by atoms with E-state index in [4.69, 9.17) is 0 Å². The second kappa shape index (κ2) is 10.1. The highest BCUT2D eigenvalue weighted by molar-refractivity contribution is 6.13. The van der Waals surface area contributed by atoms with Crippen LogP contribution in [-0.4, -0.2) is 6.54 Å². The molecule has 0 fully saturated rings. The molecule has 1 aliphatic rings. The third kappa shape index (κ3) is 4.43. The first-order valence-electron chi connectivity index (χ1n) is 13.6. The topological polar surface area (TPSA) is 3.24 Å². The predicted molar refractivity (Wildman–Crippen MR) is 168 cm³/mol. The minimum absolute atomic E-state index is 0.819. The lowest BCUT2D eigenvalue weighted by atomic mass is 9.92. The van der Waals surface area contributed by atoms with Gasteiger partial charge in [0.15, 0.2) is 0 Å². The molecule has 0 amide bonds. The van der Waals surface area contributed by atoms with Crippen molar-refractivity contribution < 1.29 is 0 Å². The standard InChI is InChI=1S/C38H29N/c1-2-14-33(15-3-1)39-26-10-13-28(22-25-31-11-5-9-19-38(31)39)29-20-23-30(24-21-29)37-27-32-12-4-6-16-34(32)35-17-7-8-18-36(35)37/h1-24,27H,25-26H2. The largest absolute Gasteiger partial charge is 0.337 e. The van der Waals surface area contributed by atoms with E-state index in [0.717, 1.165) is 13.0 Å². The summed E-state index contributed by atoms with van der Waals surface area (Å²) in [4.78, 5) is 2.40. The Bertz CT molecular complexity index is 1840. The van der Waals surface area contributed by atoms with Gasteiger partial charge in [-0.3, -0.25) is 0 Å². The van der Waals surface area contributed by atoms with Crippen LogP contribution in [-0.2, 0) is 6.42 Å². The predicted octanol–water partition coefficient (Wildman–Crippen LogP) is 9.99. The van der Waals surface area contributed by atoms with Gasteiger partial charge >= 0.3 is 0 Å². The molecule has 39 heavy (non-hydrogen) atoms. The minimum atomic E-state index is 0.819. The smallest absolute Gasteiger partial charge is 0.0449 e. The second-order valence-corrected chi connectivity index (χ2v) is 10.1. The monoisotopic (exact) mass is 499 g/mol. The zero-order chi connectivity index (χ0) is 26.0. The average molecular weight is 500 g/mol. The second-order valence-electron chi connectivity index (χ2n) is 10.1. The van der Waals surface area contributed by atoms with Gasteiger partial charge in [-0.25, -0.2) is 0 Å². The Morgan fingerprint density at radius 1 is 0.538 bits per heavy atom. The first-order chi connectivity index (χ1) is 19.3. The lowest BCUT2D eigenvalue weighted by Crippen LogP contribution is -2.18. The highest BCUT2D eigenvalue weighted by atomic mass is 15.1. The maximum absolute atomic E-state index is 2.40. The van der Waals surface area contributed by atoms with E-state index in [1.807, 2.05) is 0 Å². The summed E-state index contributed by atoms with van der Waals surface area (Å²) in [5.41, 5.74) is 8.84. The molecular formula is C38H29N. The van der Waals surface area contributed by atoms with Crippen LogP contribution in [0.5, 0.6) is 0 Å². The molecule has 0 N–H and O–H groups in total. The van der Waals surface area contributed by atoms with Crippen LogP contribution in [0.2, 0.25) is 0 Å². The van der Waals surface area contributed by atoms with Crippen LogP contribution in [0.4, 0.5) is 11.4 Å². The minimum Gasteiger partial charge on any atom is -0.337 e. The summed E-state index contributed by atoms with van der Waals surface area (Å²) in [7, 11) is 0. The van der Waals surface area contributed by atoms with E-state index >= 15 is 0 Å². The van der Waals surface area contributed by atoms with Gasteiger partial charge in [0.05, 0.1) is 0 Å². The van der Waals surface area contributed by atoms with Crippen LogP contribution < -0.4 is 4.90 Å². The fourth-order valence-corrected chi connectivity index (χ4v) is 5.82. The van der Waals surface area contributed by atoms with Gasteiger partial charge in [0, 0.05) is 17.9 Å². The molecule has 6 aromatic carbocycles. The molecular weight excluding hydrogens is 470 g/mol. The summed E-state index contributed by atoms with van der Waals surface area (Å²) < 4.78 is 0. The average Bonchev–Trinajstić information content (AvgIpc) is 3.10. The Morgan fingerprint density at radius 3 is 2.05 bits per heavy atom. The molecule has 1 aliphatic heterocycles. The van der Waals surface area contributed by atoms with Gasteiger partial charge in [0.1, 0.15) is 0 Å². The summed E-state index contributed by atoms with van der Waals surface area (Å²) in [6, 6.07) is 48.3. The first-order valence-corrected chi connectivity index (χ1v) is 13.6. The first kappa shape index (κ1) is 23.3. The molecule has 0 radical (unpaired) electrons. The summed E-state index contributed by atoms with van der Waals surface area (Å²) in [5.74, 6) is 0. The van der Waals surface area contributed by atoms with Crippen molar-refractivity contribution >= 4 is 38.5 Å². The molecule has 0 atom stereocenters. The van der Waals surface area contributed by atoms with Crippen LogP contribution in [0.15, 0.2) is 152 Å². The van der Waals surface area contributed by atoms with Crippen molar-refractivity contribution in [3.05, 3.63) is 163 Å². The SMILES string of the molecule is C1=CC(c2ccc(-c3cc4ccccc4c4ccccc34)cc2)=CCc2ccccc2N(c2ccccc2)C1. The van der Waals surface area contributed by atoms with Crippen LogP contribution in [0.25, 0.3) is 38.2 Å². The van der Waals surface area contributed by atoms with Crippen molar-refractivity contribution in [3.63, 3.8) is 0 Å². The zero-order valence-corrected chi connectivity index (χ0v) is 21.8. The van der Waals surface area contributed by atoms with Crippen LogP contribution in [0, 0.1) is 0 Å². The molecule has 0 spiro atoms. The van der Waals surface area contributed by atoms with Gasteiger partial charge in [0.25, 0.3) is 0 Å². The number of para-hydroxylation sites is 2. The summed E-state index contributed by atoms with van der Waals surface area (Å²) in [6.45, 7) is 0.819. The van der Waals surface area contributed by atoms with Gasteiger partial charge in [0.2, 0.25) is 0 Å². The normalized spacial score (nSPS) is 13.4. The molecule has 0 bridgehead atoms. The van der Waals surface area contributed by atoms with Gasteiger partial charge < -0.3 is 4.90 Å². The maximum atomic E-state index is 2.40. The van der Waals surface area contributed by atoms with E-state index in [1.165, 1.54) is 60.7 Å². The Kier molecular flexibility index (Phi) is 6.03. The van der Waals surface area contributed by atoms with Crippen LogP contribution >= 0.6 is 0 Å². The quantitative estimate of drug-likeness (QED) is 0.219.